The van der Waals surface area contributed by atoms with Crippen molar-refractivity contribution in [3.63, 3.8) is 0 Å². The van der Waals surface area contributed by atoms with Crippen LogP contribution in [-0.2, 0) is 0 Å². The molecule has 1 saturated heterocycles. The number of hydrogen-bond donors (Lipinski definition) is 1. The van der Waals surface area contributed by atoms with Crippen LogP contribution in [0.4, 0.5) is 0 Å². The average molecular weight is 224 g/mol. The molecule has 0 aromatic carbocycles. The minimum atomic E-state index is -0.00636. The standard InChI is InChI=1S/C12H24N4/c1-3-5-14-12(10-13)11-16-8-6-15(4-2)7-9-16/h12,14H,3-9,11H2,1-2H3. The van der Waals surface area contributed by atoms with Crippen molar-refractivity contribution in [3.05, 3.63) is 0 Å². The highest BCUT2D eigenvalue weighted by Crippen LogP contribution is 2.02. The zero-order chi connectivity index (χ0) is 11.8. The van der Waals surface area contributed by atoms with Gasteiger partial charge in [-0.2, -0.15) is 5.26 Å². The van der Waals surface area contributed by atoms with Crippen LogP contribution in [0.2, 0.25) is 0 Å². The van der Waals surface area contributed by atoms with E-state index in [1.807, 2.05) is 0 Å². The van der Waals surface area contributed by atoms with Crippen LogP contribution in [0.3, 0.4) is 0 Å². The number of hydrogen-bond acceptors (Lipinski definition) is 4. The van der Waals surface area contributed by atoms with E-state index >= 15 is 0 Å². The van der Waals surface area contributed by atoms with Crippen molar-refractivity contribution in [3.8, 4) is 6.07 Å². The summed E-state index contributed by atoms with van der Waals surface area (Å²) in [6, 6.07) is 2.34. The van der Waals surface area contributed by atoms with Gasteiger partial charge in [0.15, 0.2) is 0 Å². The molecule has 1 heterocycles. The molecule has 1 aliphatic heterocycles. The number of piperazine rings is 1. The van der Waals surface area contributed by atoms with Crippen molar-refractivity contribution in [2.75, 3.05) is 45.8 Å². The summed E-state index contributed by atoms with van der Waals surface area (Å²) in [5.74, 6) is 0. The fourth-order valence-electron chi connectivity index (χ4n) is 2.02. The highest BCUT2D eigenvalue weighted by molar-refractivity contribution is 4.92. The molecule has 0 amide bonds. The van der Waals surface area contributed by atoms with Crippen molar-refractivity contribution >= 4 is 0 Å². The van der Waals surface area contributed by atoms with Crippen LogP contribution in [0.1, 0.15) is 20.3 Å². The first-order chi connectivity index (χ1) is 7.80. The van der Waals surface area contributed by atoms with Crippen molar-refractivity contribution < 1.29 is 0 Å². The Morgan fingerprint density at radius 3 is 2.31 bits per heavy atom. The zero-order valence-corrected chi connectivity index (χ0v) is 10.6. The quantitative estimate of drug-likeness (QED) is 0.714. The molecule has 4 nitrogen and oxygen atoms in total. The van der Waals surface area contributed by atoms with E-state index in [2.05, 4.69) is 35.0 Å². The normalized spacial score (nSPS) is 20.6. The SMILES string of the molecule is CCCNC(C#N)CN1CCN(CC)CC1. The second-order valence-corrected chi connectivity index (χ2v) is 4.37. The largest absolute Gasteiger partial charge is 0.301 e. The molecule has 4 heteroatoms. The zero-order valence-electron chi connectivity index (χ0n) is 10.6. The van der Waals surface area contributed by atoms with Gasteiger partial charge >= 0.3 is 0 Å². The molecule has 0 aliphatic carbocycles. The van der Waals surface area contributed by atoms with Gasteiger partial charge in [0.05, 0.1) is 6.07 Å². The highest BCUT2D eigenvalue weighted by atomic mass is 15.3. The van der Waals surface area contributed by atoms with Gasteiger partial charge < -0.3 is 10.2 Å². The lowest BCUT2D eigenvalue weighted by atomic mass is 10.2. The Hall–Kier alpha value is -0.630. The Labute approximate surface area is 99.2 Å². The molecule has 1 rings (SSSR count). The van der Waals surface area contributed by atoms with E-state index in [-0.39, 0.29) is 6.04 Å². The Morgan fingerprint density at radius 2 is 1.81 bits per heavy atom. The summed E-state index contributed by atoms with van der Waals surface area (Å²) in [5, 5.41) is 12.3. The van der Waals surface area contributed by atoms with Crippen molar-refractivity contribution in [2.45, 2.75) is 26.3 Å². The van der Waals surface area contributed by atoms with Crippen LogP contribution >= 0.6 is 0 Å². The van der Waals surface area contributed by atoms with E-state index in [0.29, 0.717) is 0 Å². The maximum atomic E-state index is 9.03. The second-order valence-electron chi connectivity index (χ2n) is 4.37. The molecule has 1 fully saturated rings. The van der Waals surface area contributed by atoms with Gasteiger partial charge in [0.1, 0.15) is 6.04 Å². The van der Waals surface area contributed by atoms with E-state index in [1.165, 1.54) is 0 Å². The van der Waals surface area contributed by atoms with E-state index in [9.17, 15) is 0 Å². The van der Waals surface area contributed by atoms with Gasteiger partial charge in [0.2, 0.25) is 0 Å². The number of nitrogens with zero attached hydrogens (tertiary/aromatic N) is 3. The summed E-state index contributed by atoms with van der Waals surface area (Å²) in [7, 11) is 0. The predicted octanol–water partition coefficient (Wildman–Crippen LogP) is 0.516. The second kappa shape index (κ2) is 7.61. The summed E-state index contributed by atoms with van der Waals surface area (Å²) in [6.07, 6.45) is 1.09. The molecule has 1 unspecified atom stereocenters. The maximum Gasteiger partial charge on any atom is 0.108 e. The highest BCUT2D eigenvalue weighted by Gasteiger charge is 2.18. The first kappa shape index (κ1) is 13.4. The molecule has 0 radical (unpaired) electrons. The third-order valence-electron chi connectivity index (χ3n) is 3.15. The Bertz CT molecular complexity index is 216. The molecule has 16 heavy (non-hydrogen) atoms. The van der Waals surface area contributed by atoms with Gasteiger partial charge in [-0.1, -0.05) is 13.8 Å². The van der Waals surface area contributed by atoms with Crippen LogP contribution in [0.25, 0.3) is 0 Å². The Kier molecular flexibility index (Phi) is 6.39. The Balaban J connectivity index is 2.23. The fourth-order valence-corrected chi connectivity index (χ4v) is 2.02. The summed E-state index contributed by atoms with van der Waals surface area (Å²) < 4.78 is 0. The van der Waals surface area contributed by atoms with E-state index in [1.54, 1.807) is 0 Å². The van der Waals surface area contributed by atoms with Crippen molar-refractivity contribution in [2.24, 2.45) is 0 Å². The van der Waals surface area contributed by atoms with Crippen LogP contribution in [0, 0.1) is 11.3 Å². The number of nitriles is 1. The third-order valence-corrected chi connectivity index (χ3v) is 3.15. The third kappa shape index (κ3) is 4.48. The molecule has 0 bridgehead atoms. The summed E-state index contributed by atoms with van der Waals surface area (Å²) in [4.78, 5) is 4.85. The number of likely N-dealkylation sites (N-methyl/N-ethyl adjacent to an activating group) is 1. The first-order valence-corrected chi connectivity index (χ1v) is 6.37. The number of nitrogens with one attached hydrogen (secondary N) is 1. The van der Waals surface area contributed by atoms with Crippen molar-refractivity contribution in [1.82, 2.24) is 15.1 Å². The molecule has 0 spiro atoms. The molecule has 0 aromatic heterocycles. The smallest absolute Gasteiger partial charge is 0.108 e. The lowest BCUT2D eigenvalue weighted by molar-refractivity contribution is 0.132. The van der Waals surface area contributed by atoms with Crippen LogP contribution in [0.5, 0.6) is 0 Å². The fraction of sp³-hybridized carbons (Fsp3) is 0.917. The first-order valence-electron chi connectivity index (χ1n) is 6.37. The molecular formula is C12H24N4. The molecule has 92 valence electrons. The summed E-state index contributed by atoms with van der Waals surface area (Å²) in [5.41, 5.74) is 0. The topological polar surface area (TPSA) is 42.3 Å². The minimum Gasteiger partial charge on any atom is -0.301 e. The molecule has 1 N–H and O–H groups in total. The lowest BCUT2D eigenvalue weighted by Gasteiger charge is -2.34. The molecule has 1 aliphatic rings. The van der Waals surface area contributed by atoms with Gasteiger partial charge in [-0.15, -0.1) is 0 Å². The van der Waals surface area contributed by atoms with Crippen LogP contribution in [0.15, 0.2) is 0 Å². The Morgan fingerprint density at radius 1 is 1.19 bits per heavy atom. The van der Waals surface area contributed by atoms with Crippen LogP contribution < -0.4 is 5.32 Å². The average Bonchev–Trinajstić information content (AvgIpc) is 2.35. The van der Waals surface area contributed by atoms with Gasteiger partial charge in [-0.05, 0) is 19.5 Å². The van der Waals surface area contributed by atoms with Gasteiger partial charge in [-0.25, -0.2) is 0 Å². The summed E-state index contributed by atoms with van der Waals surface area (Å²) in [6.45, 7) is 11.8. The number of rotatable bonds is 6. The van der Waals surface area contributed by atoms with Gasteiger partial charge in [0.25, 0.3) is 0 Å². The molecular weight excluding hydrogens is 200 g/mol. The summed E-state index contributed by atoms with van der Waals surface area (Å²) >= 11 is 0. The van der Waals surface area contributed by atoms with E-state index in [4.69, 9.17) is 5.26 Å². The predicted molar refractivity (Wildman–Crippen MR) is 66.2 cm³/mol. The van der Waals surface area contributed by atoms with Gasteiger partial charge in [-0.3, -0.25) is 4.90 Å². The van der Waals surface area contributed by atoms with Gasteiger partial charge in [0, 0.05) is 32.7 Å². The van der Waals surface area contributed by atoms with E-state index in [0.717, 1.165) is 52.2 Å². The lowest BCUT2D eigenvalue weighted by Crippen LogP contribution is -2.50. The molecule has 0 aromatic rings. The van der Waals surface area contributed by atoms with E-state index < -0.39 is 0 Å². The molecule has 1 atom stereocenters. The molecule has 0 saturated carbocycles. The van der Waals surface area contributed by atoms with Crippen molar-refractivity contribution in [1.29, 1.82) is 5.26 Å². The monoisotopic (exact) mass is 224 g/mol. The van der Waals surface area contributed by atoms with Crippen LogP contribution in [-0.4, -0.2) is 61.7 Å². The minimum absolute atomic E-state index is 0.00636. The maximum absolute atomic E-state index is 9.03.